The second-order valence-corrected chi connectivity index (χ2v) is 2.89. The van der Waals surface area contributed by atoms with Gasteiger partial charge in [0.2, 0.25) is 0 Å². The molecule has 40 valence electrons. The molecule has 0 spiro atoms. The summed E-state index contributed by atoms with van der Waals surface area (Å²) in [6, 6.07) is 0. The molecule has 1 fully saturated rings. The molecule has 7 heavy (non-hydrogen) atoms. The minimum absolute atomic E-state index is 0.465. The van der Waals surface area contributed by atoms with Crippen molar-refractivity contribution in [2.24, 2.45) is 0 Å². The highest BCUT2D eigenvalue weighted by Crippen LogP contribution is 2.06. The predicted octanol–water partition coefficient (Wildman–Crippen LogP) is 0.606. The Morgan fingerprint density at radius 1 is 1.86 bits per heavy atom. The second kappa shape index (κ2) is 2.01. The standard InChI is InChI=1S/C4H7NS2/c6-3-1-4(7)5-2-3/h3,6H,1-2H2,(H,5,7). The van der Waals surface area contributed by atoms with Crippen LogP contribution < -0.4 is 5.32 Å². The number of rotatable bonds is 0. The van der Waals surface area contributed by atoms with E-state index in [0.717, 1.165) is 18.0 Å². The molecule has 1 aliphatic rings. The lowest BCUT2D eigenvalue weighted by Crippen LogP contribution is -2.12. The molecule has 1 saturated heterocycles. The van der Waals surface area contributed by atoms with E-state index in [9.17, 15) is 0 Å². The highest BCUT2D eigenvalue weighted by Gasteiger charge is 2.12. The first-order valence-corrected chi connectivity index (χ1v) is 3.16. The Morgan fingerprint density at radius 2 is 2.57 bits per heavy atom. The lowest BCUT2D eigenvalue weighted by molar-refractivity contribution is 0.937. The topological polar surface area (TPSA) is 12.0 Å². The minimum atomic E-state index is 0.465. The van der Waals surface area contributed by atoms with Crippen molar-refractivity contribution in [1.29, 1.82) is 0 Å². The normalized spacial score (nSPS) is 30.4. The third-order valence-electron chi connectivity index (χ3n) is 0.956. The van der Waals surface area contributed by atoms with Crippen LogP contribution in [0.1, 0.15) is 6.42 Å². The zero-order valence-corrected chi connectivity index (χ0v) is 5.56. The largest absolute Gasteiger partial charge is 0.379 e. The van der Waals surface area contributed by atoms with E-state index in [1.807, 2.05) is 0 Å². The van der Waals surface area contributed by atoms with Crippen molar-refractivity contribution in [2.75, 3.05) is 6.54 Å². The van der Waals surface area contributed by atoms with Crippen LogP contribution in [0.3, 0.4) is 0 Å². The van der Waals surface area contributed by atoms with Gasteiger partial charge >= 0.3 is 0 Å². The SMILES string of the molecule is S=C1CC(S)CN1. The van der Waals surface area contributed by atoms with Crippen LogP contribution in [0.2, 0.25) is 0 Å². The van der Waals surface area contributed by atoms with E-state index in [4.69, 9.17) is 12.2 Å². The quantitative estimate of drug-likeness (QED) is 0.371. The minimum Gasteiger partial charge on any atom is -0.379 e. The summed E-state index contributed by atoms with van der Waals surface area (Å²) in [6.45, 7) is 0.946. The lowest BCUT2D eigenvalue weighted by Gasteiger charge is -1.89. The molecular formula is C4H7NS2. The van der Waals surface area contributed by atoms with E-state index in [2.05, 4.69) is 17.9 Å². The average Bonchev–Trinajstić information content (AvgIpc) is 1.87. The Hall–Kier alpha value is 0.240. The average molecular weight is 133 g/mol. The van der Waals surface area contributed by atoms with E-state index >= 15 is 0 Å². The van der Waals surface area contributed by atoms with Crippen LogP contribution in [0.15, 0.2) is 0 Å². The van der Waals surface area contributed by atoms with Crippen molar-refractivity contribution in [2.45, 2.75) is 11.7 Å². The highest BCUT2D eigenvalue weighted by molar-refractivity contribution is 7.82. The monoisotopic (exact) mass is 133 g/mol. The first-order valence-electron chi connectivity index (χ1n) is 2.24. The summed E-state index contributed by atoms with van der Waals surface area (Å²) in [5, 5.41) is 3.49. The molecular weight excluding hydrogens is 126 g/mol. The van der Waals surface area contributed by atoms with Crippen LogP contribution in [-0.4, -0.2) is 16.8 Å². The molecule has 0 aliphatic carbocycles. The van der Waals surface area contributed by atoms with Gasteiger partial charge in [0, 0.05) is 18.2 Å². The van der Waals surface area contributed by atoms with Gasteiger partial charge in [-0.25, -0.2) is 0 Å². The molecule has 1 nitrogen and oxygen atoms in total. The molecule has 1 rings (SSSR count). The maximum Gasteiger partial charge on any atom is 0.0765 e. The zero-order chi connectivity index (χ0) is 5.28. The number of hydrogen-bond acceptors (Lipinski definition) is 2. The Bertz CT molecular complexity index is 91.7. The Kier molecular flexibility index (Phi) is 1.54. The van der Waals surface area contributed by atoms with Gasteiger partial charge in [-0.1, -0.05) is 12.2 Å². The van der Waals surface area contributed by atoms with E-state index in [1.165, 1.54) is 0 Å². The van der Waals surface area contributed by atoms with E-state index < -0.39 is 0 Å². The molecule has 0 aromatic carbocycles. The third-order valence-corrected chi connectivity index (χ3v) is 1.63. The third kappa shape index (κ3) is 1.31. The second-order valence-electron chi connectivity index (χ2n) is 1.66. The Morgan fingerprint density at radius 3 is 2.71 bits per heavy atom. The van der Waals surface area contributed by atoms with E-state index in [0.29, 0.717) is 5.25 Å². The summed E-state index contributed by atoms with van der Waals surface area (Å²) in [5.41, 5.74) is 0. The van der Waals surface area contributed by atoms with Crippen molar-refractivity contribution in [3.63, 3.8) is 0 Å². The van der Waals surface area contributed by atoms with Gasteiger partial charge in [0.15, 0.2) is 0 Å². The molecule has 0 bridgehead atoms. The first kappa shape index (κ1) is 5.38. The van der Waals surface area contributed by atoms with Gasteiger partial charge in [-0.15, -0.1) is 0 Å². The fraction of sp³-hybridized carbons (Fsp3) is 0.750. The summed E-state index contributed by atoms with van der Waals surface area (Å²) in [6.07, 6.45) is 0.957. The smallest absolute Gasteiger partial charge is 0.0765 e. The Balaban J connectivity index is 2.40. The summed E-state index contributed by atoms with van der Waals surface area (Å²) >= 11 is 9.04. The van der Waals surface area contributed by atoms with Gasteiger partial charge < -0.3 is 5.32 Å². The van der Waals surface area contributed by atoms with Crippen molar-refractivity contribution in [1.82, 2.24) is 5.32 Å². The van der Waals surface area contributed by atoms with Gasteiger partial charge in [0.05, 0.1) is 4.99 Å². The molecule has 1 N–H and O–H groups in total. The number of thiocarbonyl (C=S) groups is 1. The summed E-state index contributed by atoms with van der Waals surface area (Å²) in [4.78, 5) is 0.958. The molecule has 0 aromatic rings. The van der Waals surface area contributed by atoms with Crippen molar-refractivity contribution >= 4 is 29.8 Å². The van der Waals surface area contributed by atoms with Gasteiger partial charge in [0.25, 0.3) is 0 Å². The van der Waals surface area contributed by atoms with Crippen LogP contribution in [0.5, 0.6) is 0 Å². The lowest BCUT2D eigenvalue weighted by atomic mass is 10.4. The molecule has 0 radical (unpaired) electrons. The van der Waals surface area contributed by atoms with Gasteiger partial charge in [-0.05, 0) is 0 Å². The van der Waals surface area contributed by atoms with Crippen LogP contribution in [0.4, 0.5) is 0 Å². The summed E-state index contributed by atoms with van der Waals surface area (Å²) < 4.78 is 0. The molecule has 1 unspecified atom stereocenters. The zero-order valence-electron chi connectivity index (χ0n) is 3.85. The molecule has 0 amide bonds. The molecule has 1 atom stereocenters. The van der Waals surface area contributed by atoms with Crippen LogP contribution >= 0.6 is 24.8 Å². The summed E-state index contributed by atoms with van der Waals surface area (Å²) in [7, 11) is 0. The van der Waals surface area contributed by atoms with Gasteiger partial charge in [-0.3, -0.25) is 0 Å². The molecule has 1 aliphatic heterocycles. The maximum absolute atomic E-state index is 4.84. The molecule has 3 heteroatoms. The van der Waals surface area contributed by atoms with Crippen LogP contribution in [0.25, 0.3) is 0 Å². The van der Waals surface area contributed by atoms with Crippen molar-refractivity contribution < 1.29 is 0 Å². The number of nitrogens with one attached hydrogen (secondary N) is 1. The van der Waals surface area contributed by atoms with E-state index in [-0.39, 0.29) is 0 Å². The van der Waals surface area contributed by atoms with Crippen molar-refractivity contribution in [3.8, 4) is 0 Å². The Labute approximate surface area is 53.9 Å². The van der Waals surface area contributed by atoms with E-state index in [1.54, 1.807) is 0 Å². The highest BCUT2D eigenvalue weighted by atomic mass is 32.1. The van der Waals surface area contributed by atoms with Crippen LogP contribution in [0, 0.1) is 0 Å². The number of thiol groups is 1. The first-order chi connectivity index (χ1) is 3.29. The molecule has 0 aromatic heterocycles. The number of hydrogen-bond donors (Lipinski definition) is 2. The van der Waals surface area contributed by atoms with Crippen molar-refractivity contribution in [3.05, 3.63) is 0 Å². The summed E-state index contributed by atoms with van der Waals surface area (Å²) in [5.74, 6) is 0. The predicted molar refractivity (Wildman–Crippen MR) is 38.0 cm³/mol. The fourth-order valence-electron chi connectivity index (χ4n) is 0.590. The van der Waals surface area contributed by atoms with Crippen LogP contribution in [-0.2, 0) is 0 Å². The van der Waals surface area contributed by atoms with Gasteiger partial charge in [-0.2, -0.15) is 12.6 Å². The molecule has 1 heterocycles. The molecule has 0 saturated carbocycles. The van der Waals surface area contributed by atoms with Gasteiger partial charge in [0.1, 0.15) is 0 Å². The maximum atomic E-state index is 4.84. The fourth-order valence-corrected chi connectivity index (χ4v) is 1.27.